The van der Waals surface area contributed by atoms with Gasteiger partial charge in [0.15, 0.2) is 11.5 Å². The van der Waals surface area contributed by atoms with E-state index < -0.39 is 0 Å². The molecule has 7 nitrogen and oxygen atoms in total. The molecule has 0 radical (unpaired) electrons. The van der Waals surface area contributed by atoms with Gasteiger partial charge >= 0.3 is 0 Å². The summed E-state index contributed by atoms with van der Waals surface area (Å²) < 4.78 is 2.03. The monoisotopic (exact) mass is 294 g/mol. The van der Waals surface area contributed by atoms with Gasteiger partial charge < -0.3 is 5.32 Å². The summed E-state index contributed by atoms with van der Waals surface area (Å²) in [7, 11) is 0. The first-order valence-electron chi connectivity index (χ1n) is 5.30. The van der Waals surface area contributed by atoms with Gasteiger partial charge in [-0.2, -0.15) is 0 Å². The topological polar surface area (TPSA) is 85.1 Å². The van der Waals surface area contributed by atoms with Crippen molar-refractivity contribution >= 4 is 34.5 Å². The fourth-order valence-corrected chi connectivity index (χ4v) is 2.29. The highest BCUT2D eigenvalue weighted by Gasteiger charge is 2.13. The van der Waals surface area contributed by atoms with Crippen molar-refractivity contribution in [3.63, 3.8) is 0 Å². The normalized spacial score (nSPS) is 10.8. The van der Waals surface area contributed by atoms with E-state index >= 15 is 0 Å². The largest absolute Gasteiger partial charge is 0.343 e. The molecule has 3 aromatic heterocycles. The fourth-order valence-electron chi connectivity index (χ4n) is 1.54. The maximum absolute atomic E-state index is 11.8. The number of amides is 1. The summed E-state index contributed by atoms with van der Waals surface area (Å²) in [4.78, 5) is 11.8. The Hall–Kier alpha value is -2.06. The maximum Gasteiger partial charge on any atom is 0.282 e. The predicted molar refractivity (Wildman–Crippen MR) is 69.1 cm³/mol. The van der Waals surface area contributed by atoms with Gasteiger partial charge in [-0.3, -0.25) is 9.20 Å². The molecule has 1 N–H and O–H groups in total. The average Bonchev–Trinajstić information content (AvgIpc) is 3.02. The van der Waals surface area contributed by atoms with E-state index in [1.807, 2.05) is 24.4 Å². The zero-order valence-corrected chi connectivity index (χ0v) is 11.0. The minimum Gasteiger partial charge on any atom is -0.343 e. The molecule has 3 heterocycles. The van der Waals surface area contributed by atoms with Crippen LogP contribution in [-0.2, 0) is 6.54 Å². The summed E-state index contributed by atoms with van der Waals surface area (Å²) in [6, 6.07) is 5.57. The molecule has 9 heteroatoms. The van der Waals surface area contributed by atoms with E-state index in [0.717, 1.165) is 17.0 Å². The van der Waals surface area contributed by atoms with E-state index in [0.29, 0.717) is 5.82 Å². The lowest BCUT2D eigenvalue weighted by molar-refractivity contribution is 0.0948. The Balaban J connectivity index is 1.74. The van der Waals surface area contributed by atoms with Crippen LogP contribution >= 0.6 is 22.9 Å². The smallest absolute Gasteiger partial charge is 0.282 e. The van der Waals surface area contributed by atoms with Crippen LogP contribution < -0.4 is 5.32 Å². The van der Waals surface area contributed by atoms with Crippen LogP contribution in [0.25, 0.3) is 5.65 Å². The molecule has 1 amide bonds. The van der Waals surface area contributed by atoms with Crippen molar-refractivity contribution in [2.45, 2.75) is 6.54 Å². The Bertz CT molecular complexity index is 738. The number of rotatable bonds is 3. The second-order valence-electron chi connectivity index (χ2n) is 3.59. The third kappa shape index (κ3) is 2.40. The number of hydrogen-bond acceptors (Lipinski definition) is 6. The minimum absolute atomic E-state index is 0.221. The van der Waals surface area contributed by atoms with Crippen LogP contribution in [0.15, 0.2) is 24.4 Å². The second kappa shape index (κ2) is 4.90. The van der Waals surface area contributed by atoms with E-state index in [2.05, 4.69) is 25.7 Å². The van der Waals surface area contributed by atoms with Crippen LogP contribution in [0.5, 0.6) is 0 Å². The van der Waals surface area contributed by atoms with Gasteiger partial charge in [-0.15, -0.1) is 20.4 Å². The fraction of sp³-hybridized carbons (Fsp3) is 0.100. The number of nitrogens with one attached hydrogen (secondary N) is 1. The molecule has 19 heavy (non-hydrogen) atoms. The molecular formula is C10H7ClN6OS. The van der Waals surface area contributed by atoms with Crippen LogP contribution in [0.3, 0.4) is 0 Å². The zero-order valence-electron chi connectivity index (χ0n) is 9.45. The Morgan fingerprint density at radius 3 is 3.00 bits per heavy atom. The van der Waals surface area contributed by atoms with Crippen molar-refractivity contribution in [3.05, 3.63) is 39.7 Å². The summed E-state index contributed by atoms with van der Waals surface area (Å²) in [5.74, 6) is 0.302. The SMILES string of the molecule is O=C(NCc1nnc2ccccn12)c1nnc(Cl)s1. The first-order chi connectivity index (χ1) is 9.24. The van der Waals surface area contributed by atoms with E-state index in [4.69, 9.17) is 11.6 Å². The number of carbonyl (C=O) groups excluding carboxylic acids is 1. The van der Waals surface area contributed by atoms with Gasteiger partial charge in [-0.05, 0) is 23.7 Å². The number of carbonyl (C=O) groups is 1. The Kier molecular flexibility index (Phi) is 3.10. The highest BCUT2D eigenvalue weighted by atomic mass is 35.5. The highest BCUT2D eigenvalue weighted by Crippen LogP contribution is 2.14. The number of aromatic nitrogens is 5. The van der Waals surface area contributed by atoms with Gasteiger partial charge in [0.1, 0.15) is 0 Å². The van der Waals surface area contributed by atoms with Gasteiger partial charge in [-0.1, -0.05) is 17.4 Å². The Labute approximate surface area is 116 Å². The van der Waals surface area contributed by atoms with E-state index in [1.54, 1.807) is 4.40 Å². The molecular weight excluding hydrogens is 288 g/mol. The molecule has 3 aromatic rings. The highest BCUT2D eigenvalue weighted by molar-refractivity contribution is 7.17. The standard InChI is InChI=1S/C10H7ClN6OS/c11-10-16-15-9(19-10)8(18)12-5-7-14-13-6-3-1-2-4-17(6)7/h1-4H,5H2,(H,12,18). The summed E-state index contributed by atoms with van der Waals surface area (Å²) in [6.45, 7) is 0.251. The lowest BCUT2D eigenvalue weighted by atomic mass is 10.4. The summed E-state index contributed by atoms with van der Waals surface area (Å²) in [5, 5.41) is 18.1. The van der Waals surface area contributed by atoms with Crippen LogP contribution in [0.4, 0.5) is 0 Å². The lowest BCUT2D eigenvalue weighted by Gasteiger charge is -2.01. The molecule has 96 valence electrons. The van der Waals surface area contributed by atoms with Gasteiger partial charge in [0.05, 0.1) is 6.54 Å². The minimum atomic E-state index is -0.336. The maximum atomic E-state index is 11.8. The van der Waals surface area contributed by atoms with Gasteiger partial charge in [0.25, 0.3) is 5.91 Å². The van der Waals surface area contributed by atoms with E-state index in [9.17, 15) is 4.79 Å². The lowest BCUT2D eigenvalue weighted by Crippen LogP contribution is -2.23. The van der Waals surface area contributed by atoms with Gasteiger partial charge in [0, 0.05) is 6.20 Å². The molecule has 3 rings (SSSR count). The van der Waals surface area contributed by atoms with Crippen molar-refractivity contribution in [1.29, 1.82) is 0 Å². The van der Waals surface area contributed by atoms with Crippen LogP contribution in [-0.4, -0.2) is 30.7 Å². The number of fused-ring (bicyclic) bond motifs is 1. The van der Waals surface area contributed by atoms with E-state index in [1.165, 1.54) is 0 Å². The van der Waals surface area contributed by atoms with Crippen LogP contribution in [0.2, 0.25) is 4.47 Å². The molecule has 0 spiro atoms. The van der Waals surface area contributed by atoms with E-state index in [-0.39, 0.29) is 21.9 Å². The first kappa shape index (κ1) is 12.0. The summed E-state index contributed by atoms with van der Waals surface area (Å²) in [6.07, 6.45) is 1.83. The third-order valence-corrected chi connectivity index (χ3v) is 3.40. The molecule has 0 saturated carbocycles. The van der Waals surface area contributed by atoms with Crippen molar-refractivity contribution < 1.29 is 4.79 Å². The van der Waals surface area contributed by atoms with Crippen molar-refractivity contribution in [1.82, 2.24) is 30.1 Å². The number of hydrogen-bond donors (Lipinski definition) is 1. The van der Waals surface area contributed by atoms with Crippen molar-refractivity contribution in [2.75, 3.05) is 0 Å². The molecule has 0 aliphatic rings. The van der Waals surface area contributed by atoms with Crippen LogP contribution in [0.1, 0.15) is 15.6 Å². The quantitative estimate of drug-likeness (QED) is 0.783. The Morgan fingerprint density at radius 1 is 1.32 bits per heavy atom. The molecule has 0 aliphatic heterocycles. The number of pyridine rings is 1. The molecule has 0 unspecified atom stereocenters. The molecule has 0 aromatic carbocycles. The first-order valence-corrected chi connectivity index (χ1v) is 6.49. The number of halogens is 1. The summed E-state index contributed by atoms with van der Waals surface area (Å²) >= 11 is 6.65. The van der Waals surface area contributed by atoms with Gasteiger partial charge in [-0.25, -0.2) is 0 Å². The molecule has 0 bridgehead atoms. The third-order valence-electron chi connectivity index (χ3n) is 2.39. The summed E-state index contributed by atoms with van der Waals surface area (Å²) in [5.41, 5.74) is 0.728. The molecule has 0 saturated heterocycles. The van der Waals surface area contributed by atoms with Crippen LogP contribution in [0, 0.1) is 0 Å². The van der Waals surface area contributed by atoms with Crippen molar-refractivity contribution in [3.8, 4) is 0 Å². The van der Waals surface area contributed by atoms with Crippen molar-refractivity contribution in [2.24, 2.45) is 0 Å². The Morgan fingerprint density at radius 2 is 2.21 bits per heavy atom. The zero-order chi connectivity index (χ0) is 13.2. The predicted octanol–water partition coefficient (Wildman–Crippen LogP) is 1.16. The molecule has 0 fully saturated rings. The molecule has 0 atom stereocenters. The number of nitrogens with zero attached hydrogens (tertiary/aromatic N) is 5. The molecule has 0 aliphatic carbocycles. The van der Waals surface area contributed by atoms with Gasteiger partial charge in [0.2, 0.25) is 9.47 Å². The average molecular weight is 295 g/mol. The second-order valence-corrected chi connectivity index (χ2v) is 5.15.